The Bertz CT molecular complexity index is 619. The first-order valence-electron chi connectivity index (χ1n) is 7.59. The van der Waals surface area contributed by atoms with Crippen molar-refractivity contribution in [1.82, 2.24) is 0 Å². The van der Waals surface area contributed by atoms with E-state index in [1.807, 2.05) is 0 Å². The summed E-state index contributed by atoms with van der Waals surface area (Å²) in [6, 6.07) is 7.40. The quantitative estimate of drug-likeness (QED) is 0.845. The molecule has 116 valence electrons. The van der Waals surface area contributed by atoms with Gasteiger partial charge in [-0.3, -0.25) is 9.59 Å². The fraction of sp³-hybridized carbons (Fsp3) is 0.471. The molecule has 1 saturated heterocycles. The van der Waals surface area contributed by atoms with Gasteiger partial charge in [0.2, 0.25) is 5.91 Å². The lowest BCUT2D eigenvalue weighted by molar-refractivity contribution is -0.118. The highest BCUT2D eigenvalue weighted by molar-refractivity contribution is 5.95. The number of primary amides is 1. The monoisotopic (exact) mass is 299 g/mol. The maximum Gasteiger partial charge on any atom is 0.217 e. The Balaban J connectivity index is 2.19. The largest absolute Gasteiger partial charge is 0.370 e. The molecular weight excluding hydrogens is 278 g/mol. The third-order valence-electron chi connectivity index (χ3n) is 4.18. The van der Waals surface area contributed by atoms with Crippen molar-refractivity contribution in [3.63, 3.8) is 0 Å². The van der Waals surface area contributed by atoms with Gasteiger partial charge in [0.15, 0.2) is 5.78 Å². The highest BCUT2D eigenvalue weighted by Crippen LogP contribution is 2.29. The minimum absolute atomic E-state index is 0.00646. The molecule has 1 aromatic carbocycles. The van der Waals surface area contributed by atoms with E-state index in [1.54, 1.807) is 18.2 Å². The first-order chi connectivity index (χ1) is 10.5. The number of rotatable bonds is 5. The van der Waals surface area contributed by atoms with Gasteiger partial charge in [0.1, 0.15) is 6.07 Å². The molecule has 1 aliphatic heterocycles. The van der Waals surface area contributed by atoms with Gasteiger partial charge < -0.3 is 10.6 Å². The lowest BCUT2D eigenvalue weighted by Crippen LogP contribution is -2.36. The van der Waals surface area contributed by atoms with Crippen LogP contribution in [-0.2, 0) is 4.79 Å². The highest BCUT2D eigenvalue weighted by Gasteiger charge is 2.22. The Morgan fingerprint density at radius 1 is 1.45 bits per heavy atom. The maximum atomic E-state index is 11.6. The molecule has 0 saturated carbocycles. The van der Waals surface area contributed by atoms with Gasteiger partial charge in [-0.05, 0) is 50.3 Å². The summed E-state index contributed by atoms with van der Waals surface area (Å²) in [4.78, 5) is 24.7. The smallest absolute Gasteiger partial charge is 0.217 e. The molecule has 1 aromatic rings. The van der Waals surface area contributed by atoms with E-state index in [4.69, 9.17) is 5.73 Å². The number of Topliss-reactive ketones (excluding diaryl/α,β-unsaturated/α-hetero) is 1. The average molecular weight is 299 g/mol. The molecule has 0 radical (unpaired) electrons. The van der Waals surface area contributed by atoms with E-state index >= 15 is 0 Å². The van der Waals surface area contributed by atoms with Crippen LogP contribution in [0.1, 0.15) is 48.5 Å². The summed E-state index contributed by atoms with van der Waals surface area (Å²) >= 11 is 0. The Morgan fingerprint density at radius 2 is 2.23 bits per heavy atom. The summed E-state index contributed by atoms with van der Waals surface area (Å²) in [6.07, 6.45) is 3.26. The number of anilines is 1. The molecule has 1 heterocycles. The van der Waals surface area contributed by atoms with Crippen LogP contribution in [0.25, 0.3) is 0 Å². The third kappa shape index (κ3) is 3.85. The lowest BCUT2D eigenvalue weighted by Gasteiger charge is -2.35. The molecule has 0 aliphatic carbocycles. The number of nitriles is 1. The first-order valence-corrected chi connectivity index (χ1v) is 7.59. The molecule has 5 heteroatoms. The van der Waals surface area contributed by atoms with Gasteiger partial charge in [-0.1, -0.05) is 0 Å². The molecule has 2 N–H and O–H groups in total. The van der Waals surface area contributed by atoms with E-state index in [2.05, 4.69) is 11.0 Å². The lowest BCUT2D eigenvalue weighted by atomic mass is 9.92. The van der Waals surface area contributed by atoms with Gasteiger partial charge in [-0.25, -0.2) is 0 Å². The van der Waals surface area contributed by atoms with E-state index in [1.165, 1.54) is 6.92 Å². The van der Waals surface area contributed by atoms with E-state index < -0.39 is 0 Å². The zero-order valence-corrected chi connectivity index (χ0v) is 12.8. The number of benzene rings is 1. The minimum Gasteiger partial charge on any atom is -0.370 e. The molecule has 22 heavy (non-hydrogen) atoms. The van der Waals surface area contributed by atoms with Crippen LogP contribution in [0.3, 0.4) is 0 Å². The van der Waals surface area contributed by atoms with Crippen LogP contribution in [0, 0.1) is 17.2 Å². The zero-order chi connectivity index (χ0) is 16.1. The number of nitrogens with zero attached hydrogens (tertiary/aromatic N) is 2. The van der Waals surface area contributed by atoms with Crippen molar-refractivity contribution in [1.29, 1.82) is 5.26 Å². The van der Waals surface area contributed by atoms with Gasteiger partial charge in [-0.15, -0.1) is 0 Å². The van der Waals surface area contributed by atoms with Crippen LogP contribution < -0.4 is 10.6 Å². The second-order valence-corrected chi connectivity index (χ2v) is 5.86. The SMILES string of the molecule is CC(=O)c1ccc(C#N)c(N2CCCC(CCC(N)=O)C2)c1. The number of piperidine rings is 1. The number of nitrogens with two attached hydrogens (primary N) is 1. The Labute approximate surface area is 130 Å². The predicted octanol–water partition coefficient (Wildman–Crippen LogP) is 2.24. The first kappa shape index (κ1) is 16.0. The summed E-state index contributed by atoms with van der Waals surface area (Å²) in [5, 5.41) is 9.30. The molecule has 0 bridgehead atoms. The molecule has 2 rings (SSSR count). The van der Waals surface area contributed by atoms with Crippen LogP contribution in [-0.4, -0.2) is 24.8 Å². The Hall–Kier alpha value is -2.35. The normalized spacial score (nSPS) is 17.8. The fourth-order valence-electron chi connectivity index (χ4n) is 2.97. The maximum absolute atomic E-state index is 11.6. The summed E-state index contributed by atoms with van der Waals surface area (Å²) < 4.78 is 0. The predicted molar refractivity (Wildman–Crippen MR) is 84.5 cm³/mol. The number of hydrogen-bond donors (Lipinski definition) is 1. The Kier molecular flexibility index (Phi) is 5.16. The second kappa shape index (κ2) is 7.08. The van der Waals surface area contributed by atoms with E-state index in [0.29, 0.717) is 23.5 Å². The summed E-state index contributed by atoms with van der Waals surface area (Å²) in [5.74, 6) is 0.121. The number of carbonyl (C=O) groups excluding carboxylic acids is 2. The van der Waals surface area contributed by atoms with Crippen molar-refractivity contribution in [3.8, 4) is 6.07 Å². The molecule has 1 atom stereocenters. The van der Waals surface area contributed by atoms with Crippen LogP contribution >= 0.6 is 0 Å². The second-order valence-electron chi connectivity index (χ2n) is 5.86. The van der Waals surface area contributed by atoms with Gasteiger partial charge in [0.05, 0.1) is 11.3 Å². The molecule has 1 unspecified atom stereocenters. The fourth-order valence-corrected chi connectivity index (χ4v) is 2.97. The highest BCUT2D eigenvalue weighted by atomic mass is 16.1. The van der Waals surface area contributed by atoms with Gasteiger partial charge in [-0.2, -0.15) is 5.26 Å². The van der Waals surface area contributed by atoms with Gasteiger partial charge in [0, 0.05) is 25.1 Å². The molecular formula is C17H21N3O2. The standard InChI is InChI=1S/C17H21N3O2/c1-12(21)14-5-6-15(10-18)16(9-14)20-8-2-3-13(11-20)4-7-17(19)22/h5-6,9,13H,2-4,7-8,11H2,1H3,(H2,19,22). The van der Waals surface area contributed by atoms with Crippen molar-refractivity contribution in [2.75, 3.05) is 18.0 Å². The molecule has 5 nitrogen and oxygen atoms in total. The topological polar surface area (TPSA) is 87.2 Å². The molecule has 0 aromatic heterocycles. The van der Waals surface area contributed by atoms with Crippen molar-refractivity contribution in [3.05, 3.63) is 29.3 Å². The number of carbonyl (C=O) groups is 2. The molecule has 1 aliphatic rings. The number of amides is 1. The van der Waals surface area contributed by atoms with Crippen LogP contribution in [0.2, 0.25) is 0 Å². The number of hydrogen-bond acceptors (Lipinski definition) is 4. The minimum atomic E-state index is -0.270. The van der Waals surface area contributed by atoms with Crippen LogP contribution in [0.4, 0.5) is 5.69 Å². The summed E-state index contributed by atoms with van der Waals surface area (Å²) in [6.45, 7) is 3.18. The zero-order valence-electron chi connectivity index (χ0n) is 12.8. The van der Waals surface area contributed by atoms with Crippen LogP contribution in [0.15, 0.2) is 18.2 Å². The third-order valence-corrected chi connectivity index (χ3v) is 4.18. The summed E-state index contributed by atoms with van der Waals surface area (Å²) in [7, 11) is 0. The number of ketones is 1. The summed E-state index contributed by atoms with van der Waals surface area (Å²) in [5.41, 5.74) is 7.24. The van der Waals surface area contributed by atoms with Gasteiger partial charge >= 0.3 is 0 Å². The van der Waals surface area contributed by atoms with E-state index in [9.17, 15) is 14.9 Å². The molecule has 0 spiro atoms. The van der Waals surface area contributed by atoms with Crippen molar-refractivity contribution in [2.45, 2.75) is 32.6 Å². The average Bonchev–Trinajstić information content (AvgIpc) is 2.52. The van der Waals surface area contributed by atoms with Crippen molar-refractivity contribution in [2.24, 2.45) is 11.7 Å². The van der Waals surface area contributed by atoms with Crippen molar-refractivity contribution >= 4 is 17.4 Å². The van der Waals surface area contributed by atoms with Crippen LogP contribution in [0.5, 0.6) is 0 Å². The Morgan fingerprint density at radius 3 is 2.86 bits per heavy atom. The van der Waals surface area contributed by atoms with E-state index in [0.717, 1.165) is 38.0 Å². The molecule has 1 fully saturated rings. The van der Waals surface area contributed by atoms with Gasteiger partial charge in [0.25, 0.3) is 0 Å². The van der Waals surface area contributed by atoms with Crippen molar-refractivity contribution < 1.29 is 9.59 Å². The van der Waals surface area contributed by atoms with E-state index in [-0.39, 0.29) is 11.7 Å². The molecule has 1 amide bonds.